The average molecular weight is 389 g/mol. The molecule has 0 bridgehead atoms. The highest BCUT2D eigenvalue weighted by molar-refractivity contribution is 7.80. The monoisotopic (exact) mass is 388 g/mol. The molecule has 4 heteroatoms. The largest absolute Gasteiger partial charge is 0.376 e. The Morgan fingerprint density at radius 1 is 1.07 bits per heavy atom. The van der Waals surface area contributed by atoms with Gasteiger partial charge in [0.05, 0.1) is 6.10 Å². The summed E-state index contributed by atoms with van der Waals surface area (Å²) in [7, 11) is 0. The summed E-state index contributed by atoms with van der Waals surface area (Å²) in [5.74, 6) is 0.569. The van der Waals surface area contributed by atoms with Gasteiger partial charge in [0.15, 0.2) is 5.11 Å². The van der Waals surface area contributed by atoms with E-state index in [4.69, 9.17) is 17.0 Å². The van der Waals surface area contributed by atoms with Crippen LogP contribution >= 0.6 is 12.2 Å². The molecule has 27 heavy (non-hydrogen) atoms. The average Bonchev–Trinajstić information content (AvgIpc) is 3.04. The van der Waals surface area contributed by atoms with Crippen LogP contribution in [0.3, 0.4) is 0 Å². The fraction of sp³-hybridized carbons (Fsp3) is 0.696. The molecular formula is C23H36N2OS. The van der Waals surface area contributed by atoms with Crippen molar-refractivity contribution in [1.29, 1.82) is 0 Å². The molecule has 1 atom stereocenters. The summed E-state index contributed by atoms with van der Waals surface area (Å²) in [5, 5.41) is 4.59. The normalized spacial score (nSPS) is 21.2. The number of nitrogens with zero attached hydrogens (tertiary/aromatic N) is 1. The molecular weight excluding hydrogens is 352 g/mol. The second-order valence-electron chi connectivity index (χ2n) is 8.55. The first kappa shape index (κ1) is 20.6. The van der Waals surface area contributed by atoms with Crippen molar-refractivity contribution in [1.82, 2.24) is 10.2 Å². The first-order chi connectivity index (χ1) is 13.1. The van der Waals surface area contributed by atoms with E-state index in [0.717, 1.165) is 31.2 Å². The summed E-state index contributed by atoms with van der Waals surface area (Å²) in [6.07, 6.45) is 10.5. The number of benzene rings is 1. The van der Waals surface area contributed by atoms with Crippen LogP contribution in [0.15, 0.2) is 24.3 Å². The van der Waals surface area contributed by atoms with Crippen LogP contribution in [0, 0.1) is 0 Å². The quantitative estimate of drug-likeness (QED) is 0.522. The Morgan fingerprint density at radius 3 is 2.37 bits per heavy atom. The molecule has 1 N–H and O–H groups in total. The van der Waals surface area contributed by atoms with Crippen LogP contribution in [0.1, 0.15) is 82.3 Å². The van der Waals surface area contributed by atoms with Gasteiger partial charge < -0.3 is 15.0 Å². The molecule has 1 aromatic rings. The van der Waals surface area contributed by atoms with E-state index < -0.39 is 0 Å². The first-order valence-corrected chi connectivity index (χ1v) is 11.3. The minimum Gasteiger partial charge on any atom is -0.376 e. The lowest BCUT2D eigenvalue weighted by atomic mass is 10.0. The standard InChI is InChI=1S/C23H36N2OS/c1-18(2)20-13-11-19(12-14-20)16-25(17-22-10-7-15-26-22)23(27)24-21-8-5-3-4-6-9-21/h11-14,18,21-22H,3-10,15-17H2,1-2H3,(H,24,27)/t22-/m0/s1. The van der Waals surface area contributed by atoms with Crippen LogP contribution in [0.2, 0.25) is 0 Å². The topological polar surface area (TPSA) is 24.5 Å². The van der Waals surface area contributed by atoms with Gasteiger partial charge in [0.25, 0.3) is 0 Å². The van der Waals surface area contributed by atoms with Crippen molar-refractivity contribution >= 4 is 17.3 Å². The SMILES string of the molecule is CC(C)c1ccc(CN(C[C@@H]2CCCO2)C(=S)NC2CCCCCC2)cc1. The Hall–Kier alpha value is -1.13. The molecule has 3 nitrogen and oxygen atoms in total. The second kappa shape index (κ2) is 10.4. The van der Waals surface area contributed by atoms with Crippen molar-refractivity contribution in [2.24, 2.45) is 0 Å². The highest BCUT2D eigenvalue weighted by Crippen LogP contribution is 2.20. The van der Waals surface area contributed by atoms with Crippen LogP contribution in [0.5, 0.6) is 0 Å². The van der Waals surface area contributed by atoms with Crippen LogP contribution in [0.25, 0.3) is 0 Å². The van der Waals surface area contributed by atoms with Crippen LogP contribution in [0.4, 0.5) is 0 Å². The molecule has 150 valence electrons. The number of hydrogen-bond acceptors (Lipinski definition) is 2. The molecule has 0 spiro atoms. The molecule has 2 aliphatic rings. The summed E-state index contributed by atoms with van der Waals surface area (Å²) in [6, 6.07) is 9.56. The van der Waals surface area contributed by atoms with Crippen LogP contribution in [-0.2, 0) is 11.3 Å². The van der Waals surface area contributed by atoms with E-state index in [1.165, 1.54) is 56.1 Å². The maximum Gasteiger partial charge on any atom is 0.169 e. The van der Waals surface area contributed by atoms with Gasteiger partial charge in [-0.25, -0.2) is 0 Å². The summed E-state index contributed by atoms with van der Waals surface area (Å²) < 4.78 is 5.90. The van der Waals surface area contributed by atoms with Crippen molar-refractivity contribution in [3.8, 4) is 0 Å². The lowest BCUT2D eigenvalue weighted by Crippen LogP contribution is -2.46. The number of hydrogen-bond donors (Lipinski definition) is 1. The van der Waals surface area contributed by atoms with Gasteiger partial charge in [0.2, 0.25) is 0 Å². The Balaban J connectivity index is 1.64. The maximum atomic E-state index is 5.90. The predicted octanol–water partition coefficient (Wildman–Crippen LogP) is 5.39. The number of rotatable bonds is 6. The van der Waals surface area contributed by atoms with E-state index in [0.29, 0.717) is 18.1 Å². The van der Waals surface area contributed by atoms with E-state index in [-0.39, 0.29) is 0 Å². The highest BCUT2D eigenvalue weighted by atomic mass is 32.1. The zero-order valence-corrected chi connectivity index (χ0v) is 17.9. The van der Waals surface area contributed by atoms with Gasteiger partial charge in [0.1, 0.15) is 0 Å². The van der Waals surface area contributed by atoms with Crippen molar-refractivity contribution in [2.45, 2.75) is 89.8 Å². The molecule has 1 saturated carbocycles. The Bertz CT molecular complexity index is 573. The summed E-state index contributed by atoms with van der Waals surface area (Å²) in [6.45, 7) is 7.13. The van der Waals surface area contributed by atoms with Crippen molar-refractivity contribution in [3.05, 3.63) is 35.4 Å². The smallest absolute Gasteiger partial charge is 0.169 e. The molecule has 1 aliphatic heterocycles. The van der Waals surface area contributed by atoms with Gasteiger partial charge in [-0.05, 0) is 54.9 Å². The molecule has 0 unspecified atom stereocenters. The van der Waals surface area contributed by atoms with Gasteiger partial charge in [-0.1, -0.05) is 63.8 Å². The van der Waals surface area contributed by atoms with Crippen LogP contribution < -0.4 is 5.32 Å². The van der Waals surface area contributed by atoms with Gasteiger partial charge in [-0.2, -0.15) is 0 Å². The lowest BCUT2D eigenvalue weighted by Gasteiger charge is -2.31. The minimum atomic E-state index is 0.314. The Labute approximate surface area is 170 Å². The van der Waals surface area contributed by atoms with Crippen molar-refractivity contribution in [3.63, 3.8) is 0 Å². The molecule has 0 amide bonds. The molecule has 2 fully saturated rings. The van der Waals surface area contributed by atoms with Gasteiger partial charge in [0, 0.05) is 25.7 Å². The van der Waals surface area contributed by atoms with E-state index in [2.05, 4.69) is 48.3 Å². The molecule has 0 radical (unpaired) electrons. The number of nitrogens with one attached hydrogen (secondary N) is 1. The highest BCUT2D eigenvalue weighted by Gasteiger charge is 2.23. The molecule has 3 rings (SSSR count). The molecule has 1 aromatic carbocycles. The summed E-state index contributed by atoms with van der Waals surface area (Å²) in [4.78, 5) is 2.33. The number of ether oxygens (including phenoxy) is 1. The maximum absolute atomic E-state index is 5.90. The predicted molar refractivity (Wildman–Crippen MR) is 117 cm³/mol. The fourth-order valence-corrected chi connectivity index (χ4v) is 4.48. The third-order valence-corrected chi connectivity index (χ3v) is 6.31. The molecule has 1 heterocycles. The molecule has 0 aromatic heterocycles. The zero-order valence-electron chi connectivity index (χ0n) is 17.1. The van der Waals surface area contributed by atoms with Crippen molar-refractivity contribution < 1.29 is 4.74 Å². The Kier molecular flexibility index (Phi) is 7.95. The lowest BCUT2D eigenvalue weighted by molar-refractivity contribution is 0.0895. The number of thiocarbonyl (C=S) groups is 1. The zero-order chi connectivity index (χ0) is 19.1. The van der Waals surface area contributed by atoms with E-state index in [1.807, 2.05) is 0 Å². The molecule has 1 aliphatic carbocycles. The van der Waals surface area contributed by atoms with E-state index >= 15 is 0 Å². The first-order valence-electron chi connectivity index (χ1n) is 10.9. The third-order valence-electron chi connectivity index (χ3n) is 5.94. The Morgan fingerprint density at radius 2 is 1.78 bits per heavy atom. The molecule has 1 saturated heterocycles. The fourth-order valence-electron chi connectivity index (χ4n) is 4.17. The van der Waals surface area contributed by atoms with Crippen molar-refractivity contribution in [2.75, 3.05) is 13.2 Å². The van der Waals surface area contributed by atoms with Gasteiger partial charge in [-0.15, -0.1) is 0 Å². The van der Waals surface area contributed by atoms with E-state index in [9.17, 15) is 0 Å². The second-order valence-corrected chi connectivity index (χ2v) is 8.94. The van der Waals surface area contributed by atoms with E-state index in [1.54, 1.807) is 0 Å². The third kappa shape index (κ3) is 6.46. The van der Waals surface area contributed by atoms with Gasteiger partial charge >= 0.3 is 0 Å². The van der Waals surface area contributed by atoms with Crippen LogP contribution in [-0.4, -0.2) is 35.3 Å². The van der Waals surface area contributed by atoms with Gasteiger partial charge in [-0.3, -0.25) is 0 Å². The minimum absolute atomic E-state index is 0.314. The summed E-state index contributed by atoms with van der Waals surface area (Å²) in [5.41, 5.74) is 2.71. The summed E-state index contributed by atoms with van der Waals surface area (Å²) >= 11 is 5.86.